The smallest absolute Gasteiger partial charge is 0.303 e. The maximum atomic E-state index is 10.3. The Bertz CT molecular complexity index is 162. The third-order valence-electron chi connectivity index (χ3n) is 1.97. The fraction of sp³-hybridized carbons (Fsp3) is 0.625. The van der Waals surface area contributed by atoms with Gasteiger partial charge in [-0.2, -0.15) is 0 Å². The second-order valence-corrected chi connectivity index (χ2v) is 3.26. The van der Waals surface area contributed by atoms with Gasteiger partial charge in [0.2, 0.25) is 0 Å². The van der Waals surface area contributed by atoms with E-state index in [2.05, 4.69) is 12.2 Å². The molecule has 0 saturated carbocycles. The molecule has 0 aliphatic heterocycles. The Morgan fingerprint density at radius 2 is 2.10 bits per heavy atom. The summed E-state index contributed by atoms with van der Waals surface area (Å²) >= 11 is 0. The fourth-order valence-corrected chi connectivity index (χ4v) is 1.33. The molecule has 0 aromatic carbocycles. The second-order valence-electron chi connectivity index (χ2n) is 3.26. The van der Waals surface area contributed by atoms with Crippen molar-refractivity contribution in [2.45, 2.75) is 26.2 Å². The van der Waals surface area contributed by atoms with Gasteiger partial charge in [-0.05, 0) is 18.3 Å². The van der Waals surface area contributed by atoms with Crippen LogP contribution >= 0.6 is 0 Å². The van der Waals surface area contributed by atoms with Gasteiger partial charge in [0.15, 0.2) is 0 Å². The van der Waals surface area contributed by atoms with E-state index >= 15 is 0 Å². The van der Waals surface area contributed by atoms with Crippen LogP contribution in [0.5, 0.6) is 0 Å². The molecular formula is C8H12O2. The minimum absolute atomic E-state index is 0.00579. The van der Waals surface area contributed by atoms with Crippen molar-refractivity contribution in [2.75, 3.05) is 0 Å². The molecule has 0 atom stereocenters. The number of rotatable bonds is 2. The van der Waals surface area contributed by atoms with Crippen LogP contribution in [0.4, 0.5) is 0 Å². The first-order chi connectivity index (χ1) is 4.62. The van der Waals surface area contributed by atoms with Crippen molar-refractivity contribution in [2.24, 2.45) is 5.41 Å². The third-order valence-corrected chi connectivity index (χ3v) is 1.97. The SMILES string of the molecule is CC1(CC(=O)O)CC=CC1. The summed E-state index contributed by atoms with van der Waals surface area (Å²) in [5.41, 5.74) is 0.00579. The molecule has 1 aliphatic carbocycles. The number of allylic oxidation sites excluding steroid dienone is 2. The summed E-state index contributed by atoms with van der Waals surface area (Å²) < 4.78 is 0. The van der Waals surface area contributed by atoms with Crippen LogP contribution in [0.2, 0.25) is 0 Å². The van der Waals surface area contributed by atoms with Crippen LogP contribution in [-0.4, -0.2) is 11.1 Å². The quantitative estimate of drug-likeness (QED) is 0.594. The molecule has 0 radical (unpaired) electrons. The van der Waals surface area contributed by atoms with E-state index in [0.29, 0.717) is 6.42 Å². The molecule has 0 aromatic rings. The maximum absolute atomic E-state index is 10.3. The molecule has 0 heterocycles. The Hall–Kier alpha value is -0.790. The second kappa shape index (κ2) is 2.45. The van der Waals surface area contributed by atoms with Gasteiger partial charge < -0.3 is 5.11 Å². The number of carboxylic acid groups (broad SMARTS) is 1. The van der Waals surface area contributed by atoms with Gasteiger partial charge in [-0.15, -0.1) is 0 Å². The lowest BCUT2D eigenvalue weighted by Gasteiger charge is -2.19. The first-order valence-electron chi connectivity index (χ1n) is 3.49. The maximum Gasteiger partial charge on any atom is 0.303 e. The zero-order chi connectivity index (χ0) is 7.61. The predicted molar refractivity (Wildman–Crippen MR) is 38.7 cm³/mol. The normalized spacial score (nSPS) is 21.3. The van der Waals surface area contributed by atoms with E-state index in [1.54, 1.807) is 0 Å². The van der Waals surface area contributed by atoms with Gasteiger partial charge in [0.1, 0.15) is 0 Å². The summed E-state index contributed by atoms with van der Waals surface area (Å²) in [7, 11) is 0. The summed E-state index contributed by atoms with van der Waals surface area (Å²) in [6.45, 7) is 2.02. The lowest BCUT2D eigenvalue weighted by atomic mass is 9.84. The minimum atomic E-state index is -0.689. The van der Waals surface area contributed by atoms with Crippen molar-refractivity contribution >= 4 is 5.97 Å². The first kappa shape index (κ1) is 7.32. The zero-order valence-corrected chi connectivity index (χ0v) is 6.13. The van der Waals surface area contributed by atoms with Crippen molar-refractivity contribution in [1.29, 1.82) is 0 Å². The van der Waals surface area contributed by atoms with E-state index in [4.69, 9.17) is 5.11 Å². The lowest BCUT2D eigenvalue weighted by molar-refractivity contribution is -0.139. The van der Waals surface area contributed by atoms with E-state index in [9.17, 15) is 4.79 Å². The molecular weight excluding hydrogens is 128 g/mol. The molecule has 1 aliphatic rings. The number of hydrogen-bond acceptors (Lipinski definition) is 1. The van der Waals surface area contributed by atoms with Crippen LogP contribution in [-0.2, 0) is 4.79 Å². The molecule has 2 nitrogen and oxygen atoms in total. The van der Waals surface area contributed by atoms with Crippen molar-refractivity contribution < 1.29 is 9.90 Å². The van der Waals surface area contributed by atoms with Crippen molar-refractivity contribution in [3.8, 4) is 0 Å². The molecule has 0 spiro atoms. The van der Waals surface area contributed by atoms with Gasteiger partial charge in [-0.3, -0.25) is 4.79 Å². The lowest BCUT2D eigenvalue weighted by Crippen LogP contribution is -2.16. The van der Waals surface area contributed by atoms with Gasteiger partial charge in [0, 0.05) is 0 Å². The van der Waals surface area contributed by atoms with Crippen molar-refractivity contribution in [3.63, 3.8) is 0 Å². The molecule has 56 valence electrons. The Labute approximate surface area is 60.6 Å². The summed E-state index contributed by atoms with van der Waals surface area (Å²) in [6.07, 6.45) is 6.24. The van der Waals surface area contributed by atoms with E-state index in [1.165, 1.54) is 0 Å². The fourth-order valence-electron chi connectivity index (χ4n) is 1.33. The van der Waals surface area contributed by atoms with E-state index in [-0.39, 0.29) is 5.41 Å². The summed E-state index contributed by atoms with van der Waals surface area (Å²) in [6, 6.07) is 0. The van der Waals surface area contributed by atoms with Crippen molar-refractivity contribution in [3.05, 3.63) is 12.2 Å². The standard InChI is InChI=1S/C8H12O2/c1-8(6-7(9)10)4-2-3-5-8/h2-3H,4-6H2,1H3,(H,9,10). The summed E-state index contributed by atoms with van der Waals surface area (Å²) in [5.74, 6) is -0.689. The summed E-state index contributed by atoms with van der Waals surface area (Å²) in [4.78, 5) is 10.3. The number of carboxylic acids is 1. The number of hydrogen-bond donors (Lipinski definition) is 1. The van der Waals surface area contributed by atoms with Gasteiger partial charge >= 0.3 is 5.97 Å². The molecule has 2 heteroatoms. The van der Waals surface area contributed by atoms with E-state index in [1.807, 2.05) is 6.92 Å². The molecule has 0 fully saturated rings. The molecule has 1 N–H and O–H groups in total. The van der Waals surface area contributed by atoms with Crippen molar-refractivity contribution in [1.82, 2.24) is 0 Å². The monoisotopic (exact) mass is 140 g/mol. The van der Waals surface area contributed by atoms with Gasteiger partial charge in [-0.1, -0.05) is 19.1 Å². The van der Waals surface area contributed by atoms with Crippen LogP contribution in [0.15, 0.2) is 12.2 Å². The predicted octanol–water partition coefficient (Wildman–Crippen LogP) is 1.82. The zero-order valence-electron chi connectivity index (χ0n) is 6.13. The van der Waals surface area contributed by atoms with Gasteiger partial charge in [0.05, 0.1) is 6.42 Å². The first-order valence-corrected chi connectivity index (χ1v) is 3.49. The Morgan fingerprint density at radius 3 is 2.50 bits per heavy atom. The average Bonchev–Trinajstić information content (AvgIpc) is 2.12. The minimum Gasteiger partial charge on any atom is -0.481 e. The van der Waals surface area contributed by atoms with Crippen LogP contribution in [0.3, 0.4) is 0 Å². The average molecular weight is 140 g/mol. The summed E-state index contributed by atoms with van der Waals surface area (Å²) in [5, 5.41) is 8.51. The topological polar surface area (TPSA) is 37.3 Å². The van der Waals surface area contributed by atoms with E-state index < -0.39 is 5.97 Å². The number of carbonyl (C=O) groups is 1. The van der Waals surface area contributed by atoms with Crippen LogP contribution in [0, 0.1) is 5.41 Å². The molecule has 0 amide bonds. The number of aliphatic carboxylic acids is 1. The van der Waals surface area contributed by atoms with E-state index in [0.717, 1.165) is 12.8 Å². The third kappa shape index (κ3) is 1.59. The molecule has 0 aromatic heterocycles. The highest BCUT2D eigenvalue weighted by Gasteiger charge is 2.27. The molecule has 0 unspecified atom stereocenters. The van der Waals surface area contributed by atoms with Crippen LogP contribution < -0.4 is 0 Å². The Morgan fingerprint density at radius 1 is 1.60 bits per heavy atom. The highest BCUT2D eigenvalue weighted by molar-refractivity contribution is 5.67. The van der Waals surface area contributed by atoms with Gasteiger partial charge in [0.25, 0.3) is 0 Å². The molecule has 1 rings (SSSR count). The van der Waals surface area contributed by atoms with Crippen LogP contribution in [0.25, 0.3) is 0 Å². The van der Waals surface area contributed by atoms with Gasteiger partial charge in [-0.25, -0.2) is 0 Å². The Kier molecular flexibility index (Phi) is 1.79. The molecule has 0 saturated heterocycles. The largest absolute Gasteiger partial charge is 0.481 e. The molecule has 10 heavy (non-hydrogen) atoms. The molecule has 0 bridgehead atoms. The highest BCUT2D eigenvalue weighted by atomic mass is 16.4. The van der Waals surface area contributed by atoms with Crippen LogP contribution in [0.1, 0.15) is 26.2 Å². The highest BCUT2D eigenvalue weighted by Crippen LogP contribution is 2.35. The Balaban J connectivity index is 2.46.